The molecule has 0 aliphatic carbocycles. The Morgan fingerprint density at radius 3 is 2.28 bits per heavy atom. The highest BCUT2D eigenvalue weighted by atomic mass is 19.4. The van der Waals surface area contributed by atoms with E-state index in [1.165, 1.54) is 12.1 Å². The van der Waals surface area contributed by atoms with Gasteiger partial charge in [0.2, 0.25) is 0 Å². The lowest BCUT2D eigenvalue weighted by molar-refractivity contribution is -0.137. The van der Waals surface area contributed by atoms with Crippen molar-refractivity contribution in [2.24, 2.45) is 0 Å². The molecule has 0 aliphatic rings. The second-order valence-electron chi connectivity index (χ2n) is 7.31. The third kappa shape index (κ3) is 5.06. The number of carbonyl (C=O) groups is 1. The molecule has 1 amide bonds. The summed E-state index contributed by atoms with van der Waals surface area (Å²) in [5, 5.41) is 2.86. The number of aromatic nitrogens is 2. The highest BCUT2D eigenvalue weighted by molar-refractivity contribution is 6.08. The summed E-state index contributed by atoms with van der Waals surface area (Å²) in [5.41, 5.74) is 2.51. The monoisotopic (exact) mass is 435 g/mol. The minimum absolute atomic E-state index is 0.330. The number of carbonyl (C=O) groups excluding carboxylic acids is 1. The molecular formula is C25H20F3N3O. The van der Waals surface area contributed by atoms with Crippen LogP contribution >= 0.6 is 0 Å². The first kappa shape index (κ1) is 21.4. The van der Waals surface area contributed by atoms with E-state index in [1.807, 2.05) is 24.3 Å². The van der Waals surface area contributed by atoms with Gasteiger partial charge in [0, 0.05) is 30.1 Å². The Morgan fingerprint density at radius 2 is 1.62 bits per heavy atom. The molecule has 0 bridgehead atoms. The number of nitrogens with one attached hydrogen (secondary N) is 2. The molecule has 4 rings (SSSR count). The summed E-state index contributed by atoms with van der Waals surface area (Å²) in [4.78, 5) is 20.2. The summed E-state index contributed by atoms with van der Waals surface area (Å²) in [6.07, 6.45) is 0.713. The van der Waals surface area contributed by atoms with Crippen LogP contribution in [0.4, 0.5) is 18.9 Å². The van der Waals surface area contributed by atoms with Gasteiger partial charge in [0.25, 0.3) is 5.91 Å². The number of alkyl halides is 3. The molecule has 1 heterocycles. The van der Waals surface area contributed by atoms with Crippen molar-refractivity contribution >= 4 is 11.6 Å². The Balaban J connectivity index is 1.47. The smallest absolute Gasteiger partial charge is 0.349 e. The molecular weight excluding hydrogens is 415 g/mol. The fraction of sp³-hybridized carbons (Fsp3) is 0.120. The van der Waals surface area contributed by atoms with E-state index in [0.717, 1.165) is 36.4 Å². The number of rotatable bonds is 6. The lowest BCUT2D eigenvalue weighted by Gasteiger charge is -2.12. The molecule has 1 aromatic heterocycles. The normalized spacial score (nSPS) is 11.3. The van der Waals surface area contributed by atoms with Crippen molar-refractivity contribution in [3.8, 4) is 11.1 Å². The molecule has 0 radical (unpaired) electrons. The van der Waals surface area contributed by atoms with Crippen LogP contribution in [0.25, 0.3) is 11.1 Å². The van der Waals surface area contributed by atoms with Crippen molar-refractivity contribution in [1.82, 2.24) is 9.97 Å². The maximum atomic E-state index is 12.9. The standard InChI is InChI=1S/C25H20F3N3O/c26-25(27,28)19-10-8-18(9-11-19)21-3-1-2-4-22(21)24(32)31-20-12-5-17(6-13-20)7-14-23-29-15-16-30-23/h1-6,8-13,15-16H,7,14H2,(H,29,30)(H,31,32). The van der Waals surface area contributed by atoms with Crippen LogP contribution < -0.4 is 5.32 Å². The van der Waals surface area contributed by atoms with Crippen molar-refractivity contribution in [3.05, 3.63) is 108 Å². The number of H-pyrrole nitrogens is 1. The molecule has 0 fully saturated rings. The first-order valence-corrected chi connectivity index (χ1v) is 10.1. The topological polar surface area (TPSA) is 57.8 Å². The van der Waals surface area contributed by atoms with E-state index in [0.29, 0.717) is 22.4 Å². The van der Waals surface area contributed by atoms with Gasteiger partial charge >= 0.3 is 6.18 Å². The Kier molecular flexibility index (Phi) is 6.07. The van der Waals surface area contributed by atoms with E-state index < -0.39 is 11.7 Å². The Bertz CT molecular complexity index is 1180. The minimum Gasteiger partial charge on any atom is -0.349 e. The second kappa shape index (κ2) is 9.09. The van der Waals surface area contributed by atoms with E-state index in [-0.39, 0.29) is 5.91 Å². The number of nitrogens with zero attached hydrogens (tertiary/aromatic N) is 1. The molecule has 162 valence electrons. The SMILES string of the molecule is O=C(Nc1ccc(CCc2ncc[nH]2)cc1)c1ccccc1-c1ccc(C(F)(F)F)cc1. The number of aryl methyl sites for hydroxylation is 2. The molecule has 4 aromatic rings. The molecule has 32 heavy (non-hydrogen) atoms. The third-order valence-electron chi connectivity index (χ3n) is 5.11. The molecule has 7 heteroatoms. The fourth-order valence-electron chi connectivity index (χ4n) is 3.42. The average Bonchev–Trinajstić information content (AvgIpc) is 3.32. The number of anilines is 1. The Morgan fingerprint density at radius 1 is 0.906 bits per heavy atom. The van der Waals surface area contributed by atoms with Crippen molar-refractivity contribution in [3.63, 3.8) is 0 Å². The summed E-state index contributed by atoms with van der Waals surface area (Å²) >= 11 is 0. The molecule has 0 spiro atoms. The Hall–Kier alpha value is -3.87. The van der Waals surface area contributed by atoms with E-state index in [4.69, 9.17) is 0 Å². The molecule has 0 aliphatic heterocycles. The van der Waals surface area contributed by atoms with Gasteiger partial charge in [-0.2, -0.15) is 13.2 Å². The van der Waals surface area contributed by atoms with Gasteiger partial charge in [0.15, 0.2) is 0 Å². The quantitative estimate of drug-likeness (QED) is 0.383. The summed E-state index contributed by atoms with van der Waals surface area (Å²) in [5.74, 6) is 0.589. The summed E-state index contributed by atoms with van der Waals surface area (Å²) in [6, 6.07) is 19.2. The zero-order valence-corrected chi connectivity index (χ0v) is 17.0. The maximum Gasteiger partial charge on any atom is 0.416 e. The van der Waals surface area contributed by atoms with Crippen LogP contribution in [0.1, 0.15) is 27.3 Å². The molecule has 0 atom stereocenters. The van der Waals surface area contributed by atoms with Crippen LogP contribution in [0, 0.1) is 0 Å². The number of halogens is 3. The van der Waals surface area contributed by atoms with E-state index in [9.17, 15) is 18.0 Å². The molecule has 0 saturated carbocycles. The van der Waals surface area contributed by atoms with Crippen LogP contribution in [-0.2, 0) is 19.0 Å². The van der Waals surface area contributed by atoms with Gasteiger partial charge in [-0.1, -0.05) is 42.5 Å². The fourth-order valence-corrected chi connectivity index (χ4v) is 3.42. The van der Waals surface area contributed by atoms with Gasteiger partial charge in [0.05, 0.1) is 5.56 Å². The summed E-state index contributed by atoms with van der Waals surface area (Å²) in [7, 11) is 0. The van der Waals surface area contributed by atoms with Crippen LogP contribution in [0.15, 0.2) is 85.2 Å². The number of amides is 1. The van der Waals surface area contributed by atoms with Crippen molar-refractivity contribution < 1.29 is 18.0 Å². The summed E-state index contributed by atoms with van der Waals surface area (Å²) < 4.78 is 38.6. The van der Waals surface area contributed by atoms with Crippen LogP contribution in [0.3, 0.4) is 0 Å². The minimum atomic E-state index is -4.40. The van der Waals surface area contributed by atoms with Crippen LogP contribution in [-0.4, -0.2) is 15.9 Å². The first-order valence-electron chi connectivity index (χ1n) is 10.1. The average molecular weight is 435 g/mol. The van der Waals surface area contributed by atoms with Crippen molar-refractivity contribution in [1.29, 1.82) is 0 Å². The number of hydrogen-bond acceptors (Lipinski definition) is 2. The largest absolute Gasteiger partial charge is 0.416 e. The number of benzene rings is 3. The zero-order chi connectivity index (χ0) is 22.6. The maximum absolute atomic E-state index is 12.9. The van der Waals surface area contributed by atoms with Gasteiger partial charge in [-0.15, -0.1) is 0 Å². The lowest BCUT2D eigenvalue weighted by Crippen LogP contribution is -2.13. The predicted octanol–water partition coefficient (Wildman–Crippen LogP) is 6.13. The lowest BCUT2D eigenvalue weighted by atomic mass is 9.98. The van der Waals surface area contributed by atoms with Gasteiger partial charge in [-0.3, -0.25) is 4.79 Å². The molecule has 0 saturated heterocycles. The van der Waals surface area contributed by atoms with Crippen LogP contribution in [0.5, 0.6) is 0 Å². The molecule has 4 nitrogen and oxygen atoms in total. The second-order valence-corrected chi connectivity index (χ2v) is 7.31. The number of aromatic amines is 1. The molecule has 3 aromatic carbocycles. The predicted molar refractivity (Wildman–Crippen MR) is 117 cm³/mol. The summed E-state index contributed by atoms with van der Waals surface area (Å²) in [6.45, 7) is 0. The number of imidazole rings is 1. The van der Waals surface area contributed by atoms with Crippen molar-refractivity contribution in [2.45, 2.75) is 19.0 Å². The third-order valence-corrected chi connectivity index (χ3v) is 5.11. The van der Waals surface area contributed by atoms with E-state index in [2.05, 4.69) is 15.3 Å². The van der Waals surface area contributed by atoms with Gasteiger partial charge in [-0.25, -0.2) is 4.98 Å². The van der Waals surface area contributed by atoms with Crippen molar-refractivity contribution in [2.75, 3.05) is 5.32 Å². The Labute approximate surface area is 183 Å². The van der Waals surface area contributed by atoms with Gasteiger partial charge < -0.3 is 10.3 Å². The number of hydrogen-bond donors (Lipinski definition) is 2. The molecule has 0 unspecified atom stereocenters. The van der Waals surface area contributed by atoms with Gasteiger partial charge in [-0.05, 0) is 53.4 Å². The molecule has 2 N–H and O–H groups in total. The highest BCUT2D eigenvalue weighted by Gasteiger charge is 2.30. The van der Waals surface area contributed by atoms with E-state index >= 15 is 0 Å². The first-order chi connectivity index (χ1) is 15.4. The van der Waals surface area contributed by atoms with E-state index in [1.54, 1.807) is 36.7 Å². The van der Waals surface area contributed by atoms with Gasteiger partial charge in [0.1, 0.15) is 5.82 Å². The van der Waals surface area contributed by atoms with Crippen LogP contribution in [0.2, 0.25) is 0 Å². The highest BCUT2D eigenvalue weighted by Crippen LogP contribution is 2.32. The zero-order valence-electron chi connectivity index (χ0n) is 17.0.